The standard InChI is InChI=1S/C11H15NO2/c1-2-7-12-11(14)8-9-5-3-4-6-10(9)13/h3-6,13H,2,7-8H2,1H3,(H,12,14). The summed E-state index contributed by atoms with van der Waals surface area (Å²) in [5.74, 6) is 0.132. The summed E-state index contributed by atoms with van der Waals surface area (Å²) < 4.78 is 0. The molecule has 0 aliphatic heterocycles. The molecular weight excluding hydrogens is 178 g/mol. The molecule has 1 aromatic carbocycles. The van der Waals surface area contributed by atoms with Crippen LogP contribution in [0.3, 0.4) is 0 Å². The smallest absolute Gasteiger partial charge is 0.224 e. The summed E-state index contributed by atoms with van der Waals surface area (Å²) in [6.07, 6.45) is 1.17. The second-order valence-corrected chi connectivity index (χ2v) is 3.16. The fourth-order valence-corrected chi connectivity index (χ4v) is 1.16. The number of aromatic hydroxyl groups is 1. The third-order valence-electron chi connectivity index (χ3n) is 1.91. The number of rotatable bonds is 4. The predicted molar refractivity (Wildman–Crippen MR) is 55.1 cm³/mol. The van der Waals surface area contributed by atoms with Crippen LogP contribution in [0.2, 0.25) is 0 Å². The predicted octanol–water partition coefficient (Wildman–Crippen LogP) is 1.46. The van der Waals surface area contributed by atoms with Crippen molar-refractivity contribution in [3.05, 3.63) is 29.8 Å². The number of phenols is 1. The summed E-state index contributed by atoms with van der Waals surface area (Å²) in [6, 6.07) is 6.88. The number of phenolic OH excluding ortho intramolecular Hbond substituents is 1. The Kier molecular flexibility index (Phi) is 3.98. The summed E-state index contributed by atoms with van der Waals surface area (Å²) in [4.78, 5) is 11.3. The maximum absolute atomic E-state index is 11.3. The average Bonchev–Trinajstić information content (AvgIpc) is 2.18. The zero-order chi connectivity index (χ0) is 10.4. The first-order chi connectivity index (χ1) is 6.74. The normalized spacial score (nSPS) is 9.79. The maximum atomic E-state index is 11.3. The summed E-state index contributed by atoms with van der Waals surface area (Å²) in [5.41, 5.74) is 0.668. The van der Waals surface area contributed by atoms with Gasteiger partial charge in [0.15, 0.2) is 0 Å². The Morgan fingerprint density at radius 2 is 2.14 bits per heavy atom. The van der Waals surface area contributed by atoms with Crippen LogP contribution >= 0.6 is 0 Å². The van der Waals surface area contributed by atoms with Crippen LogP contribution in [0.5, 0.6) is 5.75 Å². The minimum absolute atomic E-state index is 0.0478. The monoisotopic (exact) mass is 193 g/mol. The third kappa shape index (κ3) is 3.09. The van der Waals surface area contributed by atoms with E-state index in [0.717, 1.165) is 6.42 Å². The van der Waals surface area contributed by atoms with Crippen molar-refractivity contribution in [1.29, 1.82) is 0 Å². The summed E-state index contributed by atoms with van der Waals surface area (Å²) in [6.45, 7) is 2.69. The molecule has 0 fully saturated rings. The SMILES string of the molecule is CCCNC(=O)Cc1ccccc1O. The lowest BCUT2D eigenvalue weighted by Gasteiger charge is -2.04. The molecular formula is C11H15NO2. The first-order valence-corrected chi connectivity index (χ1v) is 4.77. The highest BCUT2D eigenvalue weighted by Gasteiger charge is 2.05. The lowest BCUT2D eigenvalue weighted by Crippen LogP contribution is -2.25. The lowest BCUT2D eigenvalue weighted by molar-refractivity contribution is -0.120. The molecule has 3 nitrogen and oxygen atoms in total. The van der Waals surface area contributed by atoms with Crippen molar-refractivity contribution in [2.24, 2.45) is 0 Å². The summed E-state index contributed by atoms with van der Waals surface area (Å²) >= 11 is 0. The lowest BCUT2D eigenvalue weighted by atomic mass is 10.1. The van der Waals surface area contributed by atoms with Gasteiger partial charge in [-0.15, -0.1) is 0 Å². The van der Waals surface area contributed by atoms with E-state index in [-0.39, 0.29) is 18.1 Å². The molecule has 76 valence electrons. The molecule has 0 spiro atoms. The molecule has 1 rings (SSSR count). The Balaban J connectivity index is 2.52. The van der Waals surface area contributed by atoms with Crippen molar-refractivity contribution < 1.29 is 9.90 Å². The number of para-hydroxylation sites is 1. The quantitative estimate of drug-likeness (QED) is 0.760. The highest BCUT2D eigenvalue weighted by molar-refractivity contribution is 5.79. The first-order valence-electron chi connectivity index (χ1n) is 4.77. The number of amides is 1. The largest absolute Gasteiger partial charge is 0.508 e. The van der Waals surface area contributed by atoms with Gasteiger partial charge in [-0.25, -0.2) is 0 Å². The van der Waals surface area contributed by atoms with E-state index < -0.39 is 0 Å². The first kappa shape index (κ1) is 10.6. The summed E-state index contributed by atoms with van der Waals surface area (Å²) in [7, 11) is 0. The van der Waals surface area contributed by atoms with Crippen LogP contribution in [0, 0.1) is 0 Å². The fourth-order valence-electron chi connectivity index (χ4n) is 1.16. The van der Waals surface area contributed by atoms with Gasteiger partial charge in [0.2, 0.25) is 5.91 Å². The van der Waals surface area contributed by atoms with E-state index in [1.165, 1.54) is 0 Å². The number of carbonyl (C=O) groups excluding carboxylic acids is 1. The van der Waals surface area contributed by atoms with Crippen LogP contribution in [0.4, 0.5) is 0 Å². The number of hydrogen-bond acceptors (Lipinski definition) is 2. The zero-order valence-corrected chi connectivity index (χ0v) is 8.29. The van der Waals surface area contributed by atoms with Crippen LogP contribution in [-0.4, -0.2) is 17.6 Å². The number of hydrogen-bond donors (Lipinski definition) is 2. The molecule has 14 heavy (non-hydrogen) atoms. The van der Waals surface area contributed by atoms with Gasteiger partial charge in [-0.3, -0.25) is 4.79 Å². The molecule has 0 heterocycles. The van der Waals surface area contributed by atoms with E-state index in [1.54, 1.807) is 18.2 Å². The molecule has 1 amide bonds. The van der Waals surface area contributed by atoms with Crippen molar-refractivity contribution in [2.45, 2.75) is 19.8 Å². The van der Waals surface area contributed by atoms with Gasteiger partial charge in [0.1, 0.15) is 5.75 Å². The molecule has 0 saturated heterocycles. The molecule has 3 heteroatoms. The van der Waals surface area contributed by atoms with Crippen molar-refractivity contribution >= 4 is 5.91 Å². The van der Waals surface area contributed by atoms with Gasteiger partial charge in [-0.1, -0.05) is 25.1 Å². The van der Waals surface area contributed by atoms with Crippen LogP contribution in [0.15, 0.2) is 24.3 Å². The van der Waals surface area contributed by atoms with Gasteiger partial charge in [-0.2, -0.15) is 0 Å². The average molecular weight is 193 g/mol. The van der Waals surface area contributed by atoms with E-state index >= 15 is 0 Å². The Bertz CT molecular complexity index is 310. The van der Waals surface area contributed by atoms with E-state index in [2.05, 4.69) is 5.32 Å². The fraction of sp³-hybridized carbons (Fsp3) is 0.364. The Morgan fingerprint density at radius 1 is 1.43 bits per heavy atom. The molecule has 2 N–H and O–H groups in total. The minimum Gasteiger partial charge on any atom is -0.508 e. The van der Waals surface area contributed by atoms with E-state index in [0.29, 0.717) is 12.1 Å². The van der Waals surface area contributed by atoms with Crippen molar-refractivity contribution in [3.8, 4) is 5.75 Å². The molecule has 0 atom stereocenters. The van der Waals surface area contributed by atoms with Gasteiger partial charge in [0, 0.05) is 12.1 Å². The molecule has 0 saturated carbocycles. The second kappa shape index (κ2) is 5.27. The zero-order valence-electron chi connectivity index (χ0n) is 8.29. The minimum atomic E-state index is -0.0478. The molecule has 0 radical (unpaired) electrons. The van der Waals surface area contributed by atoms with Gasteiger partial charge < -0.3 is 10.4 Å². The molecule has 0 bridgehead atoms. The van der Waals surface area contributed by atoms with E-state index in [1.807, 2.05) is 13.0 Å². The van der Waals surface area contributed by atoms with Gasteiger partial charge >= 0.3 is 0 Å². The molecule has 0 aromatic heterocycles. The molecule has 0 aliphatic carbocycles. The Morgan fingerprint density at radius 3 is 2.79 bits per heavy atom. The summed E-state index contributed by atoms with van der Waals surface area (Å²) in [5, 5.41) is 12.2. The topological polar surface area (TPSA) is 49.3 Å². The third-order valence-corrected chi connectivity index (χ3v) is 1.91. The van der Waals surface area contributed by atoms with Crippen molar-refractivity contribution in [2.75, 3.05) is 6.54 Å². The van der Waals surface area contributed by atoms with Gasteiger partial charge in [0.05, 0.1) is 6.42 Å². The van der Waals surface area contributed by atoms with Crippen LogP contribution in [-0.2, 0) is 11.2 Å². The number of nitrogens with one attached hydrogen (secondary N) is 1. The molecule has 1 aromatic rings. The number of carbonyl (C=O) groups is 1. The maximum Gasteiger partial charge on any atom is 0.224 e. The van der Waals surface area contributed by atoms with Crippen LogP contribution in [0.1, 0.15) is 18.9 Å². The molecule has 0 aliphatic rings. The van der Waals surface area contributed by atoms with Crippen molar-refractivity contribution in [1.82, 2.24) is 5.32 Å². The Hall–Kier alpha value is -1.51. The number of benzene rings is 1. The van der Waals surface area contributed by atoms with E-state index in [4.69, 9.17) is 0 Å². The van der Waals surface area contributed by atoms with Gasteiger partial charge in [-0.05, 0) is 12.5 Å². The van der Waals surface area contributed by atoms with Crippen LogP contribution in [0.25, 0.3) is 0 Å². The van der Waals surface area contributed by atoms with Gasteiger partial charge in [0.25, 0.3) is 0 Å². The van der Waals surface area contributed by atoms with Crippen molar-refractivity contribution in [3.63, 3.8) is 0 Å². The van der Waals surface area contributed by atoms with E-state index in [9.17, 15) is 9.90 Å². The molecule has 0 unspecified atom stereocenters. The highest BCUT2D eigenvalue weighted by Crippen LogP contribution is 2.15. The second-order valence-electron chi connectivity index (χ2n) is 3.16. The van der Waals surface area contributed by atoms with Crippen LogP contribution < -0.4 is 5.32 Å². The highest BCUT2D eigenvalue weighted by atomic mass is 16.3. The Labute approximate surface area is 83.8 Å².